The normalized spacial score (nSPS) is 13.0. The summed E-state index contributed by atoms with van der Waals surface area (Å²) in [6.07, 6.45) is 58.7. The molecular formula is C52H102CaO8S2. The summed E-state index contributed by atoms with van der Waals surface area (Å²) in [5.74, 6) is 0.0405. The van der Waals surface area contributed by atoms with Crippen LogP contribution in [-0.2, 0) is 29.2 Å². The van der Waals surface area contributed by atoms with Crippen molar-refractivity contribution in [2.45, 2.75) is 285 Å². The van der Waals surface area contributed by atoms with Crippen LogP contribution in [0.1, 0.15) is 285 Å². The van der Waals surface area contributed by atoms with Gasteiger partial charge in [-0.15, -0.1) is 0 Å². The Balaban J connectivity index is -0.00000112. The molecule has 0 aromatic carbocycles. The zero-order valence-electron chi connectivity index (χ0n) is 42.0. The minimum absolute atomic E-state index is 0. The van der Waals surface area contributed by atoms with Gasteiger partial charge in [0.15, 0.2) is 0 Å². The standard InChI is InChI=1S/2C26H52O4S.Ca/c2*1-3-5-7-9-11-13-14-16-18-20-22-24-26(25-30-31(27,28)29)23-21-19-17-15-12-10-8-6-4-2;/h2*22,24,26H,3-21,23,25H2,1-2H3,(H,27,28,29);/q;;+2/p-2/b2*24-22+;. The van der Waals surface area contributed by atoms with Gasteiger partial charge in [0.05, 0.1) is 13.2 Å². The van der Waals surface area contributed by atoms with Crippen molar-refractivity contribution < 1.29 is 34.3 Å². The molecule has 0 aliphatic carbocycles. The van der Waals surface area contributed by atoms with Crippen LogP contribution in [0.3, 0.4) is 0 Å². The first-order chi connectivity index (χ1) is 30.0. The van der Waals surface area contributed by atoms with Gasteiger partial charge in [-0.05, 0) is 38.5 Å². The minimum Gasteiger partial charge on any atom is -0.726 e. The second kappa shape index (κ2) is 53.4. The van der Waals surface area contributed by atoms with Gasteiger partial charge in [0.1, 0.15) is 0 Å². The Morgan fingerprint density at radius 1 is 0.349 bits per heavy atom. The predicted molar refractivity (Wildman–Crippen MR) is 270 cm³/mol. The van der Waals surface area contributed by atoms with Crippen LogP contribution in [0.5, 0.6) is 0 Å². The summed E-state index contributed by atoms with van der Waals surface area (Å²) in [7, 11) is -9.22. The number of unbranched alkanes of at least 4 members (excludes halogenated alkanes) is 34. The van der Waals surface area contributed by atoms with Crippen LogP contribution in [0.4, 0.5) is 0 Å². The third kappa shape index (κ3) is 62.5. The van der Waals surface area contributed by atoms with Gasteiger partial charge < -0.3 is 9.11 Å². The fourth-order valence-electron chi connectivity index (χ4n) is 7.97. The Bertz CT molecular complexity index is 1070. The van der Waals surface area contributed by atoms with E-state index in [9.17, 15) is 25.9 Å². The quantitative estimate of drug-likeness (QED) is 0.0194. The molecule has 0 radical (unpaired) electrons. The van der Waals surface area contributed by atoms with Crippen molar-refractivity contribution in [1.82, 2.24) is 0 Å². The van der Waals surface area contributed by atoms with E-state index in [4.69, 9.17) is 0 Å². The van der Waals surface area contributed by atoms with Crippen molar-refractivity contribution in [3.05, 3.63) is 24.3 Å². The fraction of sp³-hybridized carbons (Fsp3) is 0.923. The van der Waals surface area contributed by atoms with Crippen molar-refractivity contribution in [2.24, 2.45) is 11.8 Å². The molecule has 11 heteroatoms. The molecular weight excluding hydrogens is 857 g/mol. The van der Waals surface area contributed by atoms with Gasteiger partial charge in [-0.25, -0.2) is 16.8 Å². The summed E-state index contributed by atoms with van der Waals surface area (Å²) in [6.45, 7) is 8.95. The molecule has 0 saturated heterocycles. The van der Waals surface area contributed by atoms with Crippen LogP contribution in [0.2, 0.25) is 0 Å². The molecule has 0 fully saturated rings. The van der Waals surface area contributed by atoms with E-state index >= 15 is 0 Å². The molecule has 2 unspecified atom stereocenters. The average molecular weight is 960 g/mol. The Kier molecular flexibility index (Phi) is 57.5. The van der Waals surface area contributed by atoms with Crippen LogP contribution < -0.4 is 0 Å². The summed E-state index contributed by atoms with van der Waals surface area (Å²) in [4.78, 5) is 0. The molecule has 0 amide bonds. The first-order valence-electron chi connectivity index (χ1n) is 26.5. The van der Waals surface area contributed by atoms with Crippen molar-refractivity contribution in [2.75, 3.05) is 13.2 Å². The van der Waals surface area contributed by atoms with Crippen molar-refractivity contribution in [3.63, 3.8) is 0 Å². The predicted octanol–water partition coefficient (Wildman–Crippen LogP) is 16.6. The SMILES string of the molecule is CCCCCCCCCCC/C=C/C(CCCCCCCCCCC)COS(=O)(=O)[O-].CCCCCCCCCCC/C=C/C(CCCCCCCCCCC)COS(=O)(=O)[O-].[Ca+2]. The molecule has 0 aromatic rings. The van der Waals surface area contributed by atoms with E-state index in [0.29, 0.717) is 0 Å². The Labute approximate surface area is 423 Å². The van der Waals surface area contributed by atoms with Crippen molar-refractivity contribution in [1.29, 1.82) is 0 Å². The molecule has 372 valence electrons. The molecule has 0 N–H and O–H groups in total. The molecule has 0 heterocycles. The largest absolute Gasteiger partial charge is 2.00 e. The zero-order chi connectivity index (χ0) is 46.1. The summed E-state index contributed by atoms with van der Waals surface area (Å²) in [5, 5.41) is 0. The first-order valence-corrected chi connectivity index (χ1v) is 29.2. The number of hydrogen-bond donors (Lipinski definition) is 0. The van der Waals surface area contributed by atoms with Crippen molar-refractivity contribution >= 4 is 58.5 Å². The molecule has 0 rings (SSSR count). The molecule has 0 saturated carbocycles. The topological polar surface area (TPSA) is 133 Å². The summed E-state index contributed by atoms with van der Waals surface area (Å²) in [6, 6.07) is 0. The van der Waals surface area contributed by atoms with E-state index < -0.39 is 20.8 Å². The molecule has 0 aromatic heterocycles. The summed E-state index contributed by atoms with van der Waals surface area (Å²) < 4.78 is 74.0. The third-order valence-corrected chi connectivity index (χ3v) is 12.8. The van der Waals surface area contributed by atoms with Gasteiger partial charge >= 0.3 is 37.7 Å². The molecule has 0 bridgehead atoms. The average Bonchev–Trinajstić information content (AvgIpc) is 3.23. The molecule has 0 aliphatic heterocycles. The second-order valence-corrected chi connectivity index (χ2v) is 20.3. The summed E-state index contributed by atoms with van der Waals surface area (Å²) >= 11 is 0. The Hall–Kier alpha value is 0.480. The maximum atomic E-state index is 10.8. The fourth-order valence-corrected chi connectivity index (χ4v) is 8.65. The van der Waals surface area contributed by atoms with E-state index in [1.165, 1.54) is 218 Å². The molecule has 8 nitrogen and oxygen atoms in total. The van der Waals surface area contributed by atoms with Gasteiger partial charge in [-0.3, -0.25) is 8.37 Å². The van der Waals surface area contributed by atoms with E-state index in [0.717, 1.165) is 38.5 Å². The molecule has 0 aliphatic rings. The zero-order valence-corrected chi connectivity index (χ0v) is 45.8. The maximum absolute atomic E-state index is 10.8. The third-order valence-electron chi connectivity index (χ3n) is 12.0. The van der Waals surface area contributed by atoms with Crippen LogP contribution in [0.15, 0.2) is 24.3 Å². The summed E-state index contributed by atoms with van der Waals surface area (Å²) in [5.41, 5.74) is 0. The van der Waals surface area contributed by atoms with Crippen LogP contribution in [0, 0.1) is 11.8 Å². The smallest absolute Gasteiger partial charge is 0.726 e. The van der Waals surface area contributed by atoms with Gasteiger partial charge in [0, 0.05) is 11.8 Å². The number of hydrogen-bond acceptors (Lipinski definition) is 8. The Morgan fingerprint density at radius 3 is 0.778 bits per heavy atom. The van der Waals surface area contributed by atoms with Gasteiger partial charge in [-0.2, -0.15) is 0 Å². The van der Waals surface area contributed by atoms with E-state index in [2.05, 4.69) is 60.4 Å². The second-order valence-electron chi connectivity index (χ2n) is 18.2. The molecule has 63 heavy (non-hydrogen) atoms. The maximum Gasteiger partial charge on any atom is 2.00 e. The van der Waals surface area contributed by atoms with Gasteiger partial charge in [-0.1, -0.05) is 270 Å². The van der Waals surface area contributed by atoms with Gasteiger partial charge in [0.2, 0.25) is 20.8 Å². The van der Waals surface area contributed by atoms with Gasteiger partial charge in [0.25, 0.3) is 0 Å². The monoisotopic (exact) mass is 959 g/mol. The van der Waals surface area contributed by atoms with Crippen molar-refractivity contribution in [3.8, 4) is 0 Å². The number of rotatable bonds is 48. The molecule has 0 spiro atoms. The first kappa shape index (κ1) is 67.7. The minimum atomic E-state index is -4.61. The van der Waals surface area contributed by atoms with Crippen LogP contribution >= 0.6 is 0 Å². The van der Waals surface area contributed by atoms with Crippen LogP contribution in [-0.4, -0.2) is 76.9 Å². The van der Waals surface area contributed by atoms with E-state index in [-0.39, 0.29) is 62.8 Å². The number of allylic oxidation sites excluding steroid dienone is 2. The van der Waals surface area contributed by atoms with Crippen LogP contribution in [0.25, 0.3) is 0 Å². The molecule has 2 atom stereocenters. The van der Waals surface area contributed by atoms with E-state index in [1.54, 1.807) is 0 Å². The van der Waals surface area contributed by atoms with E-state index in [1.807, 2.05) is 0 Å². The Morgan fingerprint density at radius 2 is 0.556 bits per heavy atom.